The van der Waals surface area contributed by atoms with Gasteiger partial charge in [0, 0.05) is 6.20 Å². The van der Waals surface area contributed by atoms with Gasteiger partial charge < -0.3 is 15.6 Å². The molecule has 1 aliphatic carbocycles. The quantitative estimate of drug-likeness (QED) is 0.904. The Labute approximate surface area is 122 Å². The van der Waals surface area contributed by atoms with Crippen LogP contribution in [0.1, 0.15) is 34.3 Å². The van der Waals surface area contributed by atoms with Crippen molar-refractivity contribution in [1.29, 1.82) is 0 Å². The van der Waals surface area contributed by atoms with Crippen LogP contribution >= 0.6 is 0 Å². The summed E-state index contributed by atoms with van der Waals surface area (Å²) in [6, 6.07) is 7.28. The fourth-order valence-corrected chi connectivity index (χ4v) is 2.61. The second-order valence-corrected chi connectivity index (χ2v) is 5.12. The van der Waals surface area contributed by atoms with Gasteiger partial charge in [0.1, 0.15) is 11.4 Å². The topological polar surface area (TPSA) is 85.4 Å². The molecule has 5 heteroatoms. The molecule has 1 aromatic heterocycles. The number of pyridine rings is 1. The van der Waals surface area contributed by atoms with E-state index < -0.39 is 5.97 Å². The van der Waals surface area contributed by atoms with Gasteiger partial charge in [-0.2, -0.15) is 0 Å². The number of aryl methyl sites for hydroxylation is 2. The predicted molar refractivity (Wildman–Crippen MR) is 78.8 cm³/mol. The van der Waals surface area contributed by atoms with Crippen LogP contribution in [0.3, 0.4) is 0 Å². The molecule has 1 aromatic carbocycles. The maximum Gasteiger partial charge on any atom is 0.338 e. The van der Waals surface area contributed by atoms with Gasteiger partial charge >= 0.3 is 5.97 Å². The number of aromatic carboxylic acids is 1. The molecule has 21 heavy (non-hydrogen) atoms. The molecule has 5 nitrogen and oxygen atoms in total. The first-order valence-electron chi connectivity index (χ1n) is 6.92. The van der Waals surface area contributed by atoms with E-state index in [1.165, 1.54) is 36.2 Å². The second kappa shape index (κ2) is 5.44. The average Bonchev–Trinajstić information content (AvgIpc) is 2.49. The Kier molecular flexibility index (Phi) is 3.48. The molecule has 3 N–H and O–H groups in total. The second-order valence-electron chi connectivity index (χ2n) is 5.12. The minimum absolute atomic E-state index is 0.00189. The van der Waals surface area contributed by atoms with Crippen molar-refractivity contribution in [3.05, 3.63) is 47.2 Å². The molecule has 0 spiro atoms. The molecule has 0 bridgehead atoms. The minimum Gasteiger partial charge on any atom is -0.478 e. The summed E-state index contributed by atoms with van der Waals surface area (Å²) in [7, 11) is 0. The standard InChI is InChI=1S/C16H16N2O3/c17-14-13(16(19)20)7-8-18-15(14)21-12-6-5-10-3-1-2-4-11(10)9-12/h5-9H,1-4,17H2,(H,19,20). The Morgan fingerprint density at radius 2 is 1.95 bits per heavy atom. The highest BCUT2D eigenvalue weighted by Gasteiger charge is 2.15. The van der Waals surface area contributed by atoms with Gasteiger partial charge in [0.15, 0.2) is 0 Å². The first kappa shape index (κ1) is 13.4. The number of aromatic nitrogens is 1. The first-order chi connectivity index (χ1) is 10.1. The van der Waals surface area contributed by atoms with Gasteiger partial charge in [-0.05, 0) is 55.0 Å². The van der Waals surface area contributed by atoms with Gasteiger partial charge in [0.2, 0.25) is 5.88 Å². The van der Waals surface area contributed by atoms with Gasteiger partial charge in [0.05, 0.1) is 5.56 Å². The molecule has 0 unspecified atom stereocenters. The number of benzene rings is 1. The molecule has 0 saturated carbocycles. The van der Waals surface area contributed by atoms with Crippen molar-refractivity contribution in [2.45, 2.75) is 25.7 Å². The van der Waals surface area contributed by atoms with E-state index in [1.807, 2.05) is 12.1 Å². The fourth-order valence-electron chi connectivity index (χ4n) is 2.61. The smallest absolute Gasteiger partial charge is 0.338 e. The number of rotatable bonds is 3. The van der Waals surface area contributed by atoms with Crippen LogP contribution in [0.4, 0.5) is 5.69 Å². The third kappa shape index (κ3) is 2.67. The molecular formula is C16H16N2O3. The lowest BCUT2D eigenvalue weighted by atomic mass is 9.92. The van der Waals surface area contributed by atoms with Gasteiger partial charge in [-0.25, -0.2) is 9.78 Å². The van der Waals surface area contributed by atoms with Crippen LogP contribution < -0.4 is 10.5 Å². The van der Waals surface area contributed by atoms with Gasteiger partial charge in [-0.1, -0.05) is 6.07 Å². The molecule has 2 aromatic rings. The Morgan fingerprint density at radius 1 is 1.19 bits per heavy atom. The zero-order valence-electron chi connectivity index (χ0n) is 11.5. The normalized spacial score (nSPS) is 13.5. The van der Waals surface area contributed by atoms with E-state index >= 15 is 0 Å². The van der Waals surface area contributed by atoms with Crippen molar-refractivity contribution in [1.82, 2.24) is 4.98 Å². The van der Waals surface area contributed by atoms with Crippen LogP contribution in [-0.4, -0.2) is 16.1 Å². The van der Waals surface area contributed by atoms with E-state index in [9.17, 15) is 4.79 Å². The molecule has 0 amide bonds. The summed E-state index contributed by atoms with van der Waals surface area (Å²) in [5.74, 6) is -0.326. The van der Waals surface area contributed by atoms with Crippen LogP contribution in [0.15, 0.2) is 30.5 Å². The number of anilines is 1. The third-order valence-electron chi connectivity index (χ3n) is 3.72. The third-order valence-corrected chi connectivity index (χ3v) is 3.72. The SMILES string of the molecule is Nc1c(C(=O)O)ccnc1Oc1ccc2c(c1)CCCC2. The van der Waals surface area contributed by atoms with Gasteiger partial charge in [-0.15, -0.1) is 0 Å². The van der Waals surface area contributed by atoms with Crippen molar-refractivity contribution < 1.29 is 14.6 Å². The van der Waals surface area contributed by atoms with E-state index in [2.05, 4.69) is 11.1 Å². The predicted octanol–water partition coefficient (Wildman–Crippen LogP) is 3.03. The number of nitrogens with two attached hydrogens (primary N) is 1. The monoisotopic (exact) mass is 284 g/mol. The number of nitrogen functional groups attached to an aromatic ring is 1. The Hall–Kier alpha value is -2.56. The van der Waals surface area contributed by atoms with Gasteiger partial charge in [0.25, 0.3) is 0 Å². The van der Waals surface area contributed by atoms with Crippen molar-refractivity contribution in [3.63, 3.8) is 0 Å². The van der Waals surface area contributed by atoms with E-state index in [0.29, 0.717) is 5.75 Å². The Balaban J connectivity index is 1.90. The van der Waals surface area contributed by atoms with Crippen molar-refractivity contribution in [2.24, 2.45) is 0 Å². The first-order valence-corrected chi connectivity index (χ1v) is 6.92. The summed E-state index contributed by atoms with van der Waals surface area (Å²) < 4.78 is 5.67. The van der Waals surface area contributed by atoms with E-state index in [0.717, 1.165) is 12.8 Å². The summed E-state index contributed by atoms with van der Waals surface area (Å²) in [6.45, 7) is 0. The van der Waals surface area contributed by atoms with Crippen molar-refractivity contribution >= 4 is 11.7 Å². The molecule has 0 aliphatic heterocycles. The molecule has 1 aliphatic rings. The van der Waals surface area contributed by atoms with Crippen LogP contribution in [0.5, 0.6) is 11.6 Å². The molecular weight excluding hydrogens is 268 g/mol. The lowest BCUT2D eigenvalue weighted by Crippen LogP contribution is -2.06. The van der Waals surface area contributed by atoms with Crippen LogP contribution in [0.25, 0.3) is 0 Å². The van der Waals surface area contributed by atoms with E-state index in [-0.39, 0.29) is 17.1 Å². The number of carboxylic acid groups (broad SMARTS) is 1. The van der Waals surface area contributed by atoms with Crippen molar-refractivity contribution in [2.75, 3.05) is 5.73 Å². The van der Waals surface area contributed by atoms with Crippen molar-refractivity contribution in [3.8, 4) is 11.6 Å². The maximum atomic E-state index is 11.1. The lowest BCUT2D eigenvalue weighted by Gasteiger charge is -2.17. The van der Waals surface area contributed by atoms with Crippen LogP contribution in [0.2, 0.25) is 0 Å². The number of nitrogens with zero attached hydrogens (tertiary/aromatic N) is 1. The summed E-state index contributed by atoms with van der Waals surface area (Å²) in [5, 5.41) is 9.05. The fraction of sp³-hybridized carbons (Fsp3) is 0.250. The largest absolute Gasteiger partial charge is 0.478 e. The number of fused-ring (bicyclic) bond motifs is 1. The Bertz CT molecular complexity index is 698. The van der Waals surface area contributed by atoms with Gasteiger partial charge in [-0.3, -0.25) is 0 Å². The van der Waals surface area contributed by atoms with Crippen LogP contribution in [-0.2, 0) is 12.8 Å². The highest BCUT2D eigenvalue weighted by molar-refractivity contribution is 5.94. The summed E-state index contributed by atoms with van der Waals surface area (Å²) >= 11 is 0. The minimum atomic E-state index is -1.09. The number of hydrogen-bond acceptors (Lipinski definition) is 4. The molecule has 0 radical (unpaired) electrons. The lowest BCUT2D eigenvalue weighted by molar-refractivity contribution is 0.0697. The molecule has 0 saturated heterocycles. The average molecular weight is 284 g/mol. The number of hydrogen-bond donors (Lipinski definition) is 2. The highest BCUT2D eigenvalue weighted by atomic mass is 16.5. The zero-order valence-corrected chi connectivity index (χ0v) is 11.5. The van der Waals surface area contributed by atoms with E-state index in [1.54, 1.807) is 0 Å². The Morgan fingerprint density at radius 3 is 2.71 bits per heavy atom. The number of carboxylic acids is 1. The van der Waals surface area contributed by atoms with E-state index in [4.69, 9.17) is 15.6 Å². The molecule has 108 valence electrons. The summed E-state index contributed by atoms with van der Waals surface area (Å²) in [6.07, 6.45) is 5.94. The zero-order chi connectivity index (χ0) is 14.8. The number of carbonyl (C=O) groups is 1. The molecule has 0 atom stereocenters. The highest BCUT2D eigenvalue weighted by Crippen LogP contribution is 2.31. The number of ether oxygens (including phenoxy) is 1. The van der Waals surface area contributed by atoms with Crippen LogP contribution in [0, 0.1) is 0 Å². The summed E-state index contributed by atoms with van der Waals surface area (Å²) in [5.41, 5.74) is 8.48. The molecule has 1 heterocycles. The summed E-state index contributed by atoms with van der Waals surface area (Å²) in [4.78, 5) is 15.1. The molecule has 3 rings (SSSR count). The molecule has 0 fully saturated rings. The maximum absolute atomic E-state index is 11.1.